The first kappa shape index (κ1) is 14.1. The minimum atomic E-state index is 0.541. The van der Waals surface area contributed by atoms with E-state index in [2.05, 4.69) is 88.6 Å². The third-order valence-electron chi connectivity index (χ3n) is 1.10. The van der Waals surface area contributed by atoms with Crippen molar-refractivity contribution in [3.05, 3.63) is 37.4 Å². The van der Waals surface area contributed by atoms with Gasteiger partial charge < -0.3 is 0 Å². The van der Waals surface area contributed by atoms with Crippen molar-refractivity contribution in [2.45, 2.75) is 0 Å². The predicted octanol–water partition coefficient (Wildman–Crippen LogP) is 3.40. The molecule has 2 aromatic heterocycles. The van der Waals surface area contributed by atoms with E-state index in [9.17, 15) is 0 Å². The SMILES string of the molecule is Brc1cnc(Br)cn1.Brc1ncnc(Br)n1. The van der Waals surface area contributed by atoms with Crippen molar-refractivity contribution in [3.63, 3.8) is 0 Å². The molecule has 0 aromatic carbocycles. The summed E-state index contributed by atoms with van der Waals surface area (Å²) in [5.41, 5.74) is 0. The second-order valence-electron chi connectivity index (χ2n) is 2.19. The first-order valence-corrected chi connectivity index (χ1v) is 6.88. The summed E-state index contributed by atoms with van der Waals surface area (Å²) < 4.78 is 2.58. The van der Waals surface area contributed by atoms with Crippen LogP contribution in [0.1, 0.15) is 0 Å². The highest BCUT2D eigenvalue weighted by molar-refractivity contribution is 9.11. The van der Waals surface area contributed by atoms with Crippen LogP contribution >= 0.6 is 63.7 Å². The summed E-state index contributed by atoms with van der Waals surface area (Å²) in [5.74, 6) is 0. The molecule has 0 amide bonds. The molecule has 5 nitrogen and oxygen atoms in total. The molecule has 0 unspecified atom stereocenters. The minimum Gasteiger partial charge on any atom is -0.245 e. The fraction of sp³-hybridized carbons (Fsp3) is 0. The van der Waals surface area contributed by atoms with Gasteiger partial charge in [0.05, 0.1) is 12.4 Å². The summed E-state index contributed by atoms with van der Waals surface area (Å²) in [6.45, 7) is 0. The van der Waals surface area contributed by atoms with E-state index in [1.165, 1.54) is 6.33 Å². The van der Waals surface area contributed by atoms with Crippen LogP contribution in [0.4, 0.5) is 0 Å². The zero-order chi connectivity index (χ0) is 12.0. The monoisotopic (exact) mass is 473 g/mol. The quantitative estimate of drug-likeness (QED) is 0.583. The zero-order valence-corrected chi connectivity index (χ0v) is 13.8. The summed E-state index contributed by atoms with van der Waals surface area (Å²) in [6, 6.07) is 0. The van der Waals surface area contributed by atoms with Gasteiger partial charge >= 0.3 is 0 Å². The summed E-state index contributed by atoms with van der Waals surface area (Å²) in [7, 11) is 0. The van der Waals surface area contributed by atoms with Gasteiger partial charge in [0.1, 0.15) is 15.5 Å². The summed E-state index contributed by atoms with van der Waals surface area (Å²) in [4.78, 5) is 19.0. The lowest BCUT2D eigenvalue weighted by Crippen LogP contribution is -1.84. The van der Waals surface area contributed by atoms with Crippen LogP contribution < -0.4 is 0 Å². The molecule has 16 heavy (non-hydrogen) atoms. The van der Waals surface area contributed by atoms with Gasteiger partial charge in [0.2, 0.25) is 9.47 Å². The fourth-order valence-corrected chi connectivity index (χ4v) is 1.72. The van der Waals surface area contributed by atoms with E-state index in [1.54, 1.807) is 12.4 Å². The average molecular weight is 477 g/mol. The largest absolute Gasteiger partial charge is 0.245 e. The molecule has 9 heteroatoms. The van der Waals surface area contributed by atoms with Gasteiger partial charge in [-0.3, -0.25) is 0 Å². The molecule has 0 bridgehead atoms. The van der Waals surface area contributed by atoms with Crippen LogP contribution in [-0.2, 0) is 0 Å². The van der Waals surface area contributed by atoms with Gasteiger partial charge in [0.25, 0.3) is 0 Å². The lowest BCUT2D eigenvalue weighted by Gasteiger charge is -1.85. The van der Waals surface area contributed by atoms with E-state index < -0.39 is 0 Å². The second kappa shape index (κ2) is 7.36. The number of hydrogen-bond acceptors (Lipinski definition) is 5. The van der Waals surface area contributed by atoms with Crippen LogP contribution in [0, 0.1) is 0 Å². The highest BCUT2D eigenvalue weighted by Crippen LogP contribution is 2.06. The molecule has 2 heterocycles. The lowest BCUT2D eigenvalue weighted by molar-refractivity contribution is 0.974. The van der Waals surface area contributed by atoms with Crippen molar-refractivity contribution in [3.8, 4) is 0 Å². The molecule has 0 aliphatic heterocycles. The van der Waals surface area contributed by atoms with Gasteiger partial charge in [-0.25, -0.2) is 19.9 Å². The molecule has 0 spiro atoms. The van der Waals surface area contributed by atoms with Crippen molar-refractivity contribution in [2.24, 2.45) is 0 Å². The molecule has 0 radical (unpaired) electrons. The number of rotatable bonds is 0. The average Bonchev–Trinajstić information content (AvgIpc) is 2.23. The minimum absolute atomic E-state index is 0.541. The van der Waals surface area contributed by atoms with E-state index >= 15 is 0 Å². The van der Waals surface area contributed by atoms with E-state index in [1.807, 2.05) is 0 Å². The van der Waals surface area contributed by atoms with Crippen molar-refractivity contribution in [1.29, 1.82) is 0 Å². The van der Waals surface area contributed by atoms with Crippen LogP contribution in [-0.4, -0.2) is 24.9 Å². The van der Waals surface area contributed by atoms with E-state index in [-0.39, 0.29) is 0 Å². The Morgan fingerprint density at radius 2 is 1.12 bits per heavy atom. The Hall–Kier alpha value is 0.01000. The second-order valence-corrected chi connectivity index (χ2v) is 5.23. The van der Waals surface area contributed by atoms with Crippen molar-refractivity contribution < 1.29 is 0 Å². The van der Waals surface area contributed by atoms with Gasteiger partial charge in [-0.2, -0.15) is 4.98 Å². The zero-order valence-electron chi connectivity index (χ0n) is 7.48. The Morgan fingerprint density at radius 3 is 1.38 bits per heavy atom. The Kier molecular flexibility index (Phi) is 6.47. The molecule has 0 aliphatic carbocycles. The predicted molar refractivity (Wildman–Crippen MR) is 72.7 cm³/mol. The number of nitrogens with zero attached hydrogens (tertiary/aromatic N) is 5. The first-order valence-electron chi connectivity index (χ1n) is 3.71. The molecule has 0 atom stereocenters. The Labute approximate surface area is 125 Å². The maximum Gasteiger partial charge on any atom is 0.200 e. The summed E-state index contributed by atoms with van der Waals surface area (Å²) in [6.07, 6.45) is 4.68. The number of halogens is 4. The molecule has 2 rings (SSSR count). The van der Waals surface area contributed by atoms with Crippen molar-refractivity contribution >= 4 is 63.7 Å². The first-order chi connectivity index (χ1) is 7.58. The topological polar surface area (TPSA) is 64.5 Å². The molecule has 0 N–H and O–H groups in total. The molecular weight excluding hydrogens is 474 g/mol. The molecule has 84 valence electrons. The Morgan fingerprint density at radius 1 is 0.688 bits per heavy atom. The third kappa shape index (κ3) is 5.92. The molecule has 0 saturated heterocycles. The highest BCUT2D eigenvalue weighted by Gasteiger charge is 1.88. The summed E-state index contributed by atoms with van der Waals surface area (Å²) in [5, 5.41) is 0. The number of hydrogen-bond donors (Lipinski definition) is 0. The molecule has 0 aliphatic rings. The van der Waals surface area contributed by atoms with Gasteiger partial charge in [-0.15, -0.1) is 0 Å². The summed E-state index contributed by atoms with van der Waals surface area (Å²) >= 11 is 12.4. The van der Waals surface area contributed by atoms with Gasteiger partial charge in [0.15, 0.2) is 0 Å². The standard InChI is InChI=1S/C4H2Br2N2.C3HBr2N3/c5-3-1-7-4(6)2-8-3;4-2-6-1-7-3(5)8-2/h1-2H;1H. The van der Waals surface area contributed by atoms with E-state index in [0.717, 1.165) is 9.21 Å². The molecular formula is C7H3Br4N5. The van der Waals surface area contributed by atoms with Crippen molar-refractivity contribution in [2.75, 3.05) is 0 Å². The van der Waals surface area contributed by atoms with Gasteiger partial charge in [-0.1, -0.05) is 0 Å². The van der Waals surface area contributed by atoms with Crippen LogP contribution in [0.2, 0.25) is 0 Å². The fourth-order valence-electron chi connectivity index (χ4n) is 0.555. The van der Waals surface area contributed by atoms with Crippen molar-refractivity contribution in [1.82, 2.24) is 24.9 Å². The van der Waals surface area contributed by atoms with Gasteiger partial charge in [0, 0.05) is 0 Å². The van der Waals surface area contributed by atoms with E-state index in [0.29, 0.717) is 9.47 Å². The highest BCUT2D eigenvalue weighted by atomic mass is 79.9. The smallest absolute Gasteiger partial charge is 0.200 e. The maximum absolute atomic E-state index is 3.89. The molecule has 2 aromatic rings. The van der Waals surface area contributed by atoms with E-state index in [4.69, 9.17) is 0 Å². The third-order valence-corrected chi connectivity index (χ3v) is 2.69. The van der Waals surface area contributed by atoms with Crippen LogP contribution in [0.25, 0.3) is 0 Å². The Bertz CT molecular complexity index is 411. The molecule has 0 saturated carbocycles. The lowest BCUT2D eigenvalue weighted by atomic mass is 10.8. The van der Waals surface area contributed by atoms with Crippen LogP contribution in [0.15, 0.2) is 37.4 Å². The van der Waals surface area contributed by atoms with Crippen LogP contribution in [0.3, 0.4) is 0 Å². The molecule has 0 fully saturated rings. The van der Waals surface area contributed by atoms with Crippen LogP contribution in [0.5, 0.6) is 0 Å². The number of aromatic nitrogens is 5. The maximum atomic E-state index is 3.89. The van der Waals surface area contributed by atoms with Gasteiger partial charge in [-0.05, 0) is 63.7 Å². The normalized spacial score (nSPS) is 9.25. The Balaban J connectivity index is 0.000000160.